The molecule has 0 saturated carbocycles. The first-order chi connectivity index (χ1) is 17.6. The number of para-hydroxylation sites is 1. The number of rotatable bonds is 8. The minimum atomic E-state index is -3.84. The van der Waals surface area contributed by atoms with Crippen molar-refractivity contribution in [2.24, 2.45) is 10.2 Å². The average molecular weight is 540 g/mol. The van der Waals surface area contributed by atoms with E-state index in [0.717, 1.165) is 11.8 Å². The van der Waals surface area contributed by atoms with E-state index in [1.165, 1.54) is 28.8 Å². The number of benzene rings is 3. The molecule has 0 aliphatic carbocycles. The summed E-state index contributed by atoms with van der Waals surface area (Å²) in [6.07, 6.45) is 0. The topological polar surface area (TPSA) is 137 Å². The lowest BCUT2D eigenvalue weighted by atomic mass is 10.1. The van der Waals surface area contributed by atoms with E-state index < -0.39 is 15.9 Å². The number of nitrogens with zero attached hydrogens (tertiary/aromatic N) is 3. The van der Waals surface area contributed by atoms with Gasteiger partial charge >= 0.3 is 0 Å². The number of nitrogens with one attached hydrogen (secondary N) is 1. The Balaban J connectivity index is 1.55. The molecule has 0 unspecified atom stereocenters. The molecular formula is C25H22FN5O4S2. The number of hydrogen-bond acceptors (Lipinski definition) is 7. The van der Waals surface area contributed by atoms with Crippen LogP contribution in [0.5, 0.6) is 0 Å². The first kappa shape index (κ1) is 26.2. The molecule has 0 atom stereocenters. The number of fused-ring (bicyclic) bond motifs is 1. The van der Waals surface area contributed by atoms with Crippen LogP contribution in [0.25, 0.3) is 10.9 Å². The van der Waals surface area contributed by atoms with Gasteiger partial charge in [0.05, 0.1) is 33.8 Å². The third kappa shape index (κ3) is 6.47. The third-order valence-corrected chi connectivity index (χ3v) is 7.27. The van der Waals surface area contributed by atoms with Crippen molar-refractivity contribution in [3.05, 3.63) is 100 Å². The van der Waals surface area contributed by atoms with Crippen LogP contribution in [-0.2, 0) is 21.4 Å². The fourth-order valence-electron chi connectivity index (χ4n) is 3.43. The van der Waals surface area contributed by atoms with Crippen molar-refractivity contribution < 1.29 is 17.6 Å². The van der Waals surface area contributed by atoms with E-state index >= 15 is 0 Å². The molecule has 1 heterocycles. The molecule has 190 valence electrons. The molecule has 12 heteroatoms. The zero-order chi connectivity index (χ0) is 26.6. The average Bonchev–Trinajstić information content (AvgIpc) is 2.88. The summed E-state index contributed by atoms with van der Waals surface area (Å²) in [5.41, 5.74) is 4.46. The van der Waals surface area contributed by atoms with Gasteiger partial charge in [-0.05, 0) is 54.4 Å². The van der Waals surface area contributed by atoms with Crippen LogP contribution in [0.15, 0.2) is 92.7 Å². The van der Waals surface area contributed by atoms with E-state index in [9.17, 15) is 22.4 Å². The molecule has 37 heavy (non-hydrogen) atoms. The van der Waals surface area contributed by atoms with Gasteiger partial charge in [-0.2, -0.15) is 5.10 Å². The van der Waals surface area contributed by atoms with Gasteiger partial charge in [0, 0.05) is 0 Å². The molecular weight excluding hydrogens is 517 g/mol. The minimum absolute atomic E-state index is 0.0389. The van der Waals surface area contributed by atoms with E-state index in [4.69, 9.17) is 5.14 Å². The number of carbonyl (C=O) groups excluding carboxylic acids is 1. The Hall–Kier alpha value is -3.87. The van der Waals surface area contributed by atoms with Gasteiger partial charge < -0.3 is 0 Å². The van der Waals surface area contributed by atoms with Crippen LogP contribution in [0.3, 0.4) is 0 Å². The largest absolute Gasteiger partial charge is 0.283 e. The summed E-state index contributed by atoms with van der Waals surface area (Å²) in [4.78, 5) is 30.3. The van der Waals surface area contributed by atoms with Crippen LogP contribution in [0.1, 0.15) is 18.1 Å². The summed E-state index contributed by atoms with van der Waals surface area (Å²) < 4.78 is 37.6. The lowest BCUT2D eigenvalue weighted by Crippen LogP contribution is -2.26. The predicted molar refractivity (Wildman–Crippen MR) is 140 cm³/mol. The molecule has 4 aromatic rings. The molecule has 0 fully saturated rings. The third-order valence-electron chi connectivity index (χ3n) is 5.36. The zero-order valence-electron chi connectivity index (χ0n) is 19.6. The number of sulfonamides is 1. The van der Waals surface area contributed by atoms with Crippen molar-refractivity contribution >= 4 is 44.3 Å². The molecule has 4 rings (SSSR count). The Kier molecular flexibility index (Phi) is 7.81. The van der Waals surface area contributed by atoms with Crippen molar-refractivity contribution in [3.63, 3.8) is 0 Å². The van der Waals surface area contributed by atoms with Gasteiger partial charge in [0.15, 0.2) is 5.16 Å². The summed E-state index contributed by atoms with van der Waals surface area (Å²) in [5, 5.41) is 9.94. The number of aromatic nitrogens is 2. The highest BCUT2D eigenvalue weighted by atomic mass is 32.2. The second-order valence-corrected chi connectivity index (χ2v) is 10.5. The number of amides is 1. The highest BCUT2D eigenvalue weighted by molar-refractivity contribution is 7.99. The van der Waals surface area contributed by atoms with E-state index in [2.05, 4.69) is 15.5 Å². The van der Waals surface area contributed by atoms with Gasteiger partial charge in [-0.3, -0.25) is 14.2 Å². The normalized spacial score (nSPS) is 12.0. The van der Waals surface area contributed by atoms with Crippen LogP contribution >= 0.6 is 11.8 Å². The summed E-state index contributed by atoms with van der Waals surface area (Å²) in [6, 6.07) is 18.5. The van der Waals surface area contributed by atoms with Crippen molar-refractivity contribution in [3.8, 4) is 0 Å². The quantitative estimate of drug-likeness (QED) is 0.153. The molecule has 0 bridgehead atoms. The smallest absolute Gasteiger partial charge is 0.262 e. The Morgan fingerprint density at radius 2 is 1.76 bits per heavy atom. The van der Waals surface area contributed by atoms with E-state index in [1.54, 1.807) is 55.5 Å². The Labute approximate surface area is 216 Å². The summed E-state index contributed by atoms with van der Waals surface area (Å²) in [5.74, 6) is -0.862. The minimum Gasteiger partial charge on any atom is -0.283 e. The molecule has 0 aliphatic heterocycles. The maximum absolute atomic E-state index is 13.3. The van der Waals surface area contributed by atoms with E-state index in [0.29, 0.717) is 32.9 Å². The van der Waals surface area contributed by atoms with E-state index in [1.807, 2.05) is 0 Å². The molecule has 3 aromatic carbocycles. The van der Waals surface area contributed by atoms with Crippen LogP contribution < -0.4 is 16.1 Å². The number of carbonyl (C=O) groups is 1. The molecule has 0 saturated heterocycles. The Morgan fingerprint density at radius 3 is 2.43 bits per heavy atom. The molecule has 3 N–H and O–H groups in total. The Bertz CT molecular complexity index is 1650. The van der Waals surface area contributed by atoms with Crippen molar-refractivity contribution in [1.82, 2.24) is 15.0 Å². The number of hydrazone groups is 1. The zero-order valence-corrected chi connectivity index (χ0v) is 21.2. The SMILES string of the molecule is C/C(=N\NC(=O)CSc1nc2ccccc2c(=O)n1Cc1ccc(S(N)(=O)=O)cc1)c1ccc(F)cc1. The fraction of sp³-hybridized carbons (Fsp3) is 0.120. The molecule has 0 aliphatic rings. The molecule has 1 amide bonds. The molecule has 9 nitrogen and oxygen atoms in total. The number of nitrogens with two attached hydrogens (primary N) is 1. The van der Waals surface area contributed by atoms with Crippen LogP contribution in [0.2, 0.25) is 0 Å². The molecule has 1 aromatic heterocycles. The lowest BCUT2D eigenvalue weighted by molar-refractivity contribution is -0.118. The maximum atomic E-state index is 13.3. The van der Waals surface area contributed by atoms with Crippen molar-refractivity contribution in [1.29, 1.82) is 0 Å². The van der Waals surface area contributed by atoms with Gasteiger partial charge in [0.25, 0.3) is 11.5 Å². The van der Waals surface area contributed by atoms with Crippen molar-refractivity contribution in [2.75, 3.05) is 5.75 Å². The summed E-state index contributed by atoms with van der Waals surface area (Å²) in [6.45, 7) is 1.79. The first-order valence-electron chi connectivity index (χ1n) is 10.9. The highest BCUT2D eigenvalue weighted by Gasteiger charge is 2.15. The fourth-order valence-corrected chi connectivity index (χ4v) is 4.73. The Morgan fingerprint density at radius 1 is 1.08 bits per heavy atom. The second kappa shape index (κ2) is 11.0. The van der Waals surface area contributed by atoms with Gasteiger partial charge in [-0.1, -0.05) is 48.2 Å². The van der Waals surface area contributed by atoms with Crippen LogP contribution in [0, 0.1) is 5.82 Å². The highest BCUT2D eigenvalue weighted by Crippen LogP contribution is 2.19. The monoisotopic (exact) mass is 539 g/mol. The number of hydrogen-bond donors (Lipinski definition) is 2. The van der Waals surface area contributed by atoms with Gasteiger partial charge in [-0.15, -0.1) is 0 Å². The summed E-state index contributed by atoms with van der Waals surface area (Å²) in [7, 11) is -3.84. The first-order valence-corrected chi connectivity index (χ1v) is 13.5. The van der Waals surface area contributed by atoms with Gasteiger partial charge in [-0.25, -0.2) is 28.4 Å². The van der Waals surface area contributed by atoms with E-state index in [-0.39, 0.29) is 28.6 Å². The second-order valence-electron chi connectivity index (χ2n) is 8.02. The molecule has 0 spiro atoms. The van der Waals surface area contributed by atoms with Gasteiger partial charge in [0.1, 0.15) is 5.82 Å². The number of thioether (sulfide) groups is 1. The van der Waals surface area contributed by atoms with Gasteiger partial charge in [0.2, 0.25) is 10.0 Å². The summed E-state index contributed by atoms with van der Waals surface area (Å²) >= 11 is 1.07. The number of halogens is 1. The standard InChI is InChI=1S/C25H22FN5O4S2/c1-16(18-8-10-19(26)11-9-18)29-30-23(32)15-36-25-28-22-5-3-2-4-21(22)24(33)31(25)14-17-6-12-20(13-7-17)37(27,34)35/h2-13H,14-15H2,1H3,(H,30,32)(H2,27,34,35)/b29-16+. The van der Waals surface area contributed by atoms with Crippen LogP contribution in [0.4, 0.5) is 4.39 Å². The lowest BCUT2D eigenvalue weighted by Gasteiger charge is -2.13. The number of primary sulfonamides is 1. The maximum Gasteiger partial charge on any atom is 0.262 e. The van der Waals surface area contributed by atoms with Crippen molar-refractivity contribution in [2.45, 2.75) is 23.5 Å². The predicted octanol–water partition coefficient (Wildman–Crippen LogP) is 2.86. The van der Waals surface area contributed by atoms with Crippen LogP contribution in [-0.4, -0.2) is 35.3 Å². The molecule has 0 radical (unpaired) electrons.